The van der Waals surface area contributed by atoms with Crippen LogP contribution in [0, 0.1) is 13.8 Å². The first kappa shape index (κ1) is 13.6. The van der Waals surface area contributed by atoms with Crippen LogP contribution in [0.25, 0.3) is 10.8 Å². The van der Waals surface area contributed by atoms with Gasteiger partial charge in [-0.05, 0) is 38.1 Å². The van der Waals surface area contributed by atoms with E-state index in [-0.39, 0.29) is 5.91 Å². The Morgan fingerprint density at radius 2 is 2.19 bits per heavy atom. The van der Waals surface area contributed by atoms with Gasteiger partial charge in [0.25, 0.3) is 5.91 Å². The van der Waals surface area contributed by atoms with E-state index in [0.717, 1.165) is 5.76 Å². The second kappa shape index (κ2) is 5.57. The van der Waals surface area contributed by atoms with E-state index in [1.165, 1.54) is 11.3 Å². The van der Waals surface area contributed by atoms with Gasteiger partial charge in [-0.3, -0.25) is 4.79 Å². The molecule has 3 rings (SSSR count). The van der Waals surface area contributed by atoms with Gasteiger partial charge in [-0.25, -0.2) is 4.98 Å². The second-order valence-electron chi connectivity index (χ2n) is 4.61. The molecule has 0 saturated carbocycles. The Kier molecular flexibility index (Phi) is 3.62. The highest BCUT2D eigenvalue weighted by Crippen LogP contribution is 2.29. The van der Waals surface area contributed by atoms with E-state index in [1.54, 1.807) is 12.3 Å². The van der Waals surface area contributed by atoms with Gasteiger partial charge in [0.2, 0.25) is 0 Å². The molecule has 1 N–H and O–H groups in total. The molecule has 0 unspecified atom stereocenters. The molecular formula is C15H14N2O3S. The molecule has 0 aliphatic heterocycles. The molecule has 0 bridgehead atoms. The van der Waals surface area contributed by atoms with Crippen molar-refractivity contribution < 1.29 is 13.6 Å². The van der Waals surface area contributed by atoms with Gasteiger partial charge in [-0.1, -0.05) is 0 Å². The number of aromatic nitrogens is 1. The Balaban J connectivity index is 1.76. The zero-order valence-corrected chi connectivity index (χ0v) is 12.5. The van der Waals surface area contributed by atoms with Crippen LogP contribution in [0.4, 0.5) is 0 Å². The molecule has 6 heteroatoms. The molecule has 0 atom stereocenters. The maximum absolute atomic E-state index is 12.2. The largest absolute Gasteiger partial charge is 0.467 e. The molecule has 0 aliphatic carbocycles. The fraction of sp³-hybridized carbons (Fsp3) is 0.200. The van der Waals surface area contributed by atoms with Crippen LogP contribution in [0.2, 0.25) is 0 Å². The number of hydrogen-bond donors (Lipinski definition) is 1. The number of furan rings is 2. The summed E-state index contributed by atoms with van der Waals surface area (Å²) in [6.07, 6.45) is 1.58. The third-order valence-corrected chi connectivity index (χ3v) is 4.13. The predicted octanol–water partition coefficient (Wildman–Crippen LogP) is 3.54. The lowest BCUT2D eigenvalue weighted by molar-refractivity contribution is 0.0951. The monoisotopic (exact) mass is 302 g/mol. The predicted molar refractivity (Wildman–Crippen MR) is 79.2 cm³/mol. The van der Waals surface area contributed by atoms with Crippen molar-refractivity contribution in [3.63, 3.8) is 0 Å². The third kappa shape index (κ3) is 2.90. The van der Waals surface area contributed by atoms with Gasteiger partial charge < -0.3 is 14.2 Å². The van der Waals surface area contributed by atoms with Crippen LogP contribution >= 0.6 is 11.3 Å². The van der Waals surface area contributed by atoms with E-state index < -0.39 is 0 Å². The summed E-state index contributed by atoms with van der Waals surface area (Å²) in [5, 5.41) is 3.53. The zero-order chi connectivity index (χ0) is 14.8. The molecule has 0 spiro atoms. The quantitative estimate of drug-likeness (QED) is 0.800. The Hall–Kier alpha value is -2.34. The molecule has 0 saturated heterocycles. The van der Waals surface area contributed by atoms with Crippen molar-refractivity contribution in [3.05, 3.63) is 52.6 Å². The van der Waals surface area contributed by atoms with Gasteiger partial charge in [0.1, 0.15) is 16.4 Å². The molecule has 3 heterocycles. The number of hydrogen-bond acceptors (Lipinski definition) is 5. The molecule has 0 fully saturated rings. The van der Waals surface area contributed by atoms with Gasteiger partial charge in [-0.15, -0.1) is 11.3 Å². The average Bonchev–Trinajstić information content (AvgIpc) is 3.16. The highest BCUT2D eigenvalue weighted by atomic mass is 32.1. The lowest BCUT2D eigenvalue weighted by Crippen LogP contribution is -2.22. The summed E-state index contributed by atoms with van der Waals surface area (Å²) >= 11 is 1.32. The summed E-state index contributed by atoms with van der Waals surface area (Å²) in [5.41, 5.74) is 0.695. The molecule has 0 aliphatic rings. The van der Waals surface area contributed by atoms with E-state index >= 15 is 0 Å². The zero-order valence-electron chi connectivity index (χ0n) is 11.7. The number of amides is 1. The van der Waals surface area contributed by atoms with Gasteiger partial charge in [0.15, 0.2) is 10.8 Å². The van der Waals surface area contributed by atoms with Crippen molar-refractivity contribution in [2.24, 2.45) is 0 Å². The lowest BCUT2D eigenvalue weighted by atomic mass is 10.3. The van der Waals surface area contributed by atoms with Crippen LogP contribution in [0.1, 0.15) is 26.9 Å². The molecule has 0 aromatic carbocycles. The number of nitrogens with one attached hydrogen (secondary N) is 1. The van der Waals surface area contributed by atoms with Crippen LogP contribution in [-0.4, -0.2) is 10.9 Å². The minimum Gasteiger partial charge on any atom is -0.467 e. The fourth-order valence-corrected chi connectivity index (χ4v) is 2.87. The van der Waals surface area contributed by atoms with Gasteiger partial charge >= 0.3 is 0 Å². The summed E-state index contributed by atoms with van der Waals surface area (Å²) in [5.74, 6) is 2.07. The average molecular weight is 302 g/mol. The summed E-state index contributed by atoms with van der Waals surface area (Å²) in [7, 11) is 0. The van der Waals surface area contributed by atoms with Crippen LogP contribution in [-0.2, 0) is 6.54 Å². The van der Waals surface area contributed by atoms with Crippen molar-refractivity contribution in [2.45, 2.75) is 20.4 Å². The standard InChI is InChI=1S/C15H14N2O3S/c1-9-5-6-12(20-9)15-17-10(2)13(21-15)14(18)16-8-11-4-3-7-19-11/h3-7H,8H2,1-2H3,(H,16,18). The van der Waals surface area contributed by atoms with Crippen molar-refractivity contribution in [3.8, 4) is 10.8 Å². The maximum atomic E-state index is 12.2. The molecule has 1 amide bonds. The van der Waals surface area contributed by atoms with E-state index in [0.29, 0.717) is 33.6 Å². The van der Waals surface area contributed by atoms with E-state index in [1.807, 2.05) is 32.0 Å². The first-order chi connectivity index (χ1) is 10.1. The highest BCUT2D eigenvalue weighted by Gasteiger charge is 2.17. The van der Waals surface area contributed by atoms with Crippen molar-refractivity contribution >= 4 is 17.2 Å². The van der Waals surface area contributed by atoms with Gasteiger partial charge in [-0.2, -0.15) is 0 Å². The number of carbonyl (C=O) groups is 1. The van der Waals surface area contributed by atoms with Crippen LogP contribution in [0.3, 0.4) is 0 Å². The van der Waals surface area contributed by atoms with E-state index in [2.05, 4.69) is 10.3 Å². The first-order valence-electron chi connectivity index (χ1n) is 6.48. The van der Waals surface area contributed by atoms with Gasteiger partial charge in [0, 0.05) is 0 Å². The van der Waals surface area contributed by atoms with Crippen molar-refractivity contribution in [2.75, 3.05) is 0 Å². The topological polar surface area (TPSA) is 68.3 Å². The summed E-state index contributed by atoms with van der Waals surface area (Å²) < 4.78 is 10.7. The molecular weight excluding hydrogens is 288 g/mol. The molecule has 108 valence electrons. The summed E-state index contributed by atoms with van der Waals surface area (Å²) in [6.45, 7) is 4.05. The summed E-state index contributed by atoms with van der Waals surface area (Å²) in [6, 6.07) is 7.34. The number of aryl methyl sites for hydroxylation is 2. The summed E-state index contributed by atoms with van der Waals surface area (Å²) in [4.78, 5) is 17.2. The van der Waals surface area contributed by atoms with Crippen LogP contribution in [0.15, 0.2) is 39.4 Å². The second-order valence-corrected chi connectivity index (χ2v) is 5.60. The molecule has 3 aromatic heterocycles. The third-order valence-electron chi connectivity index (χ3n) is 2.96. The number of rotatable bonds is 4. The lowest BCUT2D eigenvalue weighted by Gasteiger charge is -2.00. The SMILES string of the molecule is Cc1ccc(-c2nc(C)c(C(=O)NCc3ccco3)s2)o1. The van der Waals surface area contributed by atoms with Crippen LogP contribution < -0.4 is 5.32 Å². The number of carbonyl (C=O) groups excluding carboxylic acids is 1. The van der Waals surface area contributed by atoms with E-state index in [9.17, 15) is 4.79 Å². The van der Waals surface area contributed by atoms with E-state index in [4.69, 9.17) is 8.83 Å². The van der Waals surface area contributed by atoms with Crippen LogP contribution in [0.5, 0.6) is 0 Å². The van der Waals surface area contributed by atoms with Crippen molar-refractivity contribution in [1.82, 2.24) is 10.3 Å². The fourth-order valence-electron chi connectivity index (χ4n) is 1.92. The Morgan fingerprint density at radius 3 is 2.86 bits per heavy atom. The minimum atomic E-state index is -0.157. The molecule has 3 aromatic rings. The highest BCUT2D eigenvalue weighted by molar-refractivity contribution is 7.17. The molecule has 21 heavy (non-hydrogen) atoms. The Morgan fingerprint density at radius 1 is 1.33 bits per heavy atom. The number of thiazole rings is 1. The van der Waals surface area contributed by atoms with Gasteiger partial charge in [0.05, 0.1) is 18.5 Å². The first-order valence-corrected chi connectivity index (χ1v) is 7.30. The minimum absolute atomic E-state index is 0.157. The molecule has 5 nitrogen and oxygen atoms in total. The Bertz CT molecular complexity index is 756. The maximum Gasteiger partial charge on any atom is 0.263 e. The van der Waals surface area contributed by atoms with Crippen molar-refractivity contribution in [1.29, 1.82) is 0 Å². The number of nitrogens with zero attached hydrogens (tertiary/aromatic N) is 1. The molecule has 0 radical (unpaired) electrons. The Labute approximate surface area is 125 Å². The smallest absolute Gasteiger partial charge is 0.263 e. The normalized spacial score (nSPS) is 10.8.